The molecule has 6 heteroatoms. The molecule has 160 valence electrons. The van der Waals surface area contributed by atoms with Crippen LogP contribution in [0, 0.1) is 0 Å². The number of hydrogen-bond donors (Lipinski definition) is 1. The van der Waals surface area contributed by atoms with Crippen LogP contribution in [0.25, 0.3) is 0 Å². The van der Waals surface area contributed by atoms with Gasteiger partial charge in [0.05, 0.1) is 24.7 Å². The van der Waals surface area contributed by atoms with Crippen molar-refractivity contribution < 1.29 is 23.8 Å². The molecule has 1 N–H and O–H groups in total. The number of ether oxygens (including phenoxy) is 3. The van der Waals surface area contributed by atoms with E-state index >= 15 is 0 Å². The summed E-state index contributed by atoms with van der Waals surface area (Å²) in [5.74, 6) is 0.0890. The lowest BCUT2D eigenvalue weighted by Gasteiger charge is -2.19. The Morgan fingerprint density at radius 3 is 2.47 bits per heavy atom. The molecule has 6 nitrogen and oxygen atoms in total. The summed E-state index contributed by atoms with van der Waals surface area (Å²) in [5.41, 5.74) is 1.35. The van der Waals surface area contributed by atoms with Gasteiger partial charge in [-0.05, 0) is 56.5 Å². The molecule has 1 aliphatic rings. The molecule has 2 aromatic carbocycles. The Bertz CT molecular complexity index is 813. The number of carbonyl (C=O) groups excluding carboxylic acids is 2. The minimum absolute atomic E-state index is 0.0660. The fourth-order valence-electron chi connectivity index (χ4n) is 3.32. The zero-order chi connectivity index (χ0) is 21.3. The molecule has 0 radical (unpaired) electrons. The van der Waals surface area contributed by atoms with Crippen LogP contribution in [0.4, 0.5) is 0 Å². The third-order valence-electron chi connectivity index (χ3n) is 4.82. The Hall–Kier alpha value is -2.86. The van der Waals surface area contributed by atoms with Crippen LogP contribution in [0.3, 0.4) is 0 Å². The summed E-state index contributed by atoms with van der Waals surface area (Å²) in [6.07, 6.45) is 2.09. The van der Waals surface area contributed by atoms with Gasteiger partial charge in [-0.3, -0.25) is 9.59 Å². The lowest BCUT2D eigenvalue weighted by Crippen LogP contribution is -2.31. The highest BCUT2D eigenvalue weighted by Crippen LogP contribution is 2.20. The smallest absolute Gasteiger partial charge is 0.308 e. The second kappa shape index (κ2) is 10.8. The van der Waals surface area contributed by atoms with Gasteiger partial charge in [-0.15, -0.1) is 0 Å². The average molecular weight is 411 g/mol. The molecular weight excluding hydrogens is 382 g/mol. The largest absolute Gasteiger partial charge is 0.491 e. The van der Waals surface area contributed by atoms with Gasteiger partial charge in [-0.2, -0.15) is 0 Å². The fraction of sp³-hybridized carbons (Fsp3) is 0.417. The zero-order valence-electron chi connectivity index (χ0n) is 17.5. The van der Waals surface area contributed by atoms with Crippen LogP contribution in [0.5, 0.6) is 5.75 Å². The molecule has 2 atom stereocenters. The van der Waals surface area contributed by atoms with E-state index in [2.05, 4.69) is 5.32 Å². The molecule has 1 aliphatic heterocycles. The van der Waals surface area contributed by atoms with Crippen LogP contribution in [0.2, 0.25) is 0 Å². The van der Waals surface area contributed by atoms with E-state index < -0.39 is 6.04 Å². The number of benzene rings is 2. The van der Waals surface area contributed by atoms with E-state index in [4.69, 9.17) is 14.2 Å². The van der Waals surface area contributed by atoms with Gasteiger partial charge in [0.25, 0.3) is 5.91 Å². The van der Waals surface area contributed by atoms with Crippen molar-refractivity contribution in [3.05, 3.63) is 65.7 Å². The van der Waals surface area contributed by atoms with E-state index in [-0.39, 0.29) is 30.5 Å². The quantitative estimate of drug-likeness (QED) is 0.630. The van der Waals surface area contributed by atoms with Crippen molar-refractivity contribution in [1.82, 2.24) is 5.32 Å². The van der Waals surface area contributed by atoms with Crippen LogP contribution >= 0.6 is 0 Å². The second-order valence-electron chi connectivity index (χ2n) is 7.65. The predicted octanol–water partition coefficient (Wildman–Crippen LogP) is 4.06. The van der Waals surface area contributed by atoms with Crippen molar-refractivity contribution >= 4 is 11.9 Å². The van der Waals surface area contributed by atoms with Gasteiger partial charge in [-0.25, -0.2) is 0 Å². The van der Waals surface area contributed by atoms with Crippen LogP contribution in [-0.4, -0.2) is 37.3 Å². The topological polar surface area (TPSA) is 73.9 Å². The maximum Gasteiger partial charge on any atom is 0.308 e. The van der Waals surface area contributed by atoms with Crippen LogP contribution in [0.15, 0.2) is 54.6 Å². The molecule has 1 amide bonds. The van der Waals surface area contributed by atoms with Crippen LogP contribution in [0.1, 0.15) is 55.1 Å². The van der Waals surface area contributed by atoms with E-state index in [9.17, 15) is 9.59 Å². The molecule has 2 aromatic rings. The van der Waals surface area contributed by atoms with Crippen molar-refractivity contribution in [2.24, 2.45) is 0 Å². The molecule has 0 spiro atoms. The number of hydrogen-bond acceptors (Lipinski definition) is 5. The first-order valence-electron chi connectivity index (χ1n) is 10.4. The molecule has 3 rings (SSSR count). The van der Waals surface area contributed by atoms with Gasteiger partial charge >= 0.3 is 5.97 Å². The summed E-state index contributed by atoms with van der Waals surface area (Å²) in [7, 11) is 0. The third kappa shape index (κ3) is 6.59. The number of nitrogens with one attached hydrogen (secondary N) is 1. The van der Waals surface area contributed by atoms with Crippen molar-refractivity contribution in [2.75, 3.05) is 13.2 Å². The monoisotopic (exact) mass is 411 g/mol. The van der Waals surface area contributed by atoms with Crippen LogP contribution < -0.4 is 10.1 Å². The maximum atomic E-state index is 12.8. The first kappa shape index (κ1) is 21.8. The van der Waals surface area contributed by atoms with E-state index in [0.717, 1.165) is 25.0 Å². The summed E-state index contributed by atoms with van der Waals surface area (Å²) in [6.45, 7) is 4.91. The highest BCUT2D eigenvalue weighted by atomic mass is 16.5. The lowest BCUT2D eigenvalue weighted by atomic mass is 10.0. The number of amides is 1. The molecular formula is C24H29NO5. The molecule has 0 bridgehead atoms. The Morgan fingerprint density at radius 2 is 1.83 bits per heavy atom. The standard InChI is InChI=1S/C24H29NO5/c1-17(2)30-23(26)15-22(18-7-4-3-5-8-18)25-24(27)19-10-12-20(13-11-19)29-16-21-9-6-14-28-21/h3-5,7-8,10-13,17,21-22H,6,9,14-16H2,1-2H3,(H,25,27). The van der Waals surface area contributed by atoms with Gasteiger partial charge in [0.1, 0.15) is 12.4 Å². The Kier molecular flexibility index (Phi) is 7.85. The first-order chi connectivity index (χ1) is 14.5. The Labute approximate surface area is 177 Å². The average Bonchev–Trinajstić information content (AvgIpc) is 3.26. The normalized spacial score (nSPS) is 16.8. The fourth-order valence-corrected chi connectivity index (χ4v) is 3.32. The zero-order valence-corrected chi connectivity index (χ0v) is 17.5. The van der Waals surface area contributed by atoms with E-state index in [1.165, 1.54) is 0 Å². The lowest BCUT2D eigenvalue weighted by molar-refractivity contribution is -0.147. The molecule has 0 aromatic heterocycles. The molecule has 30 heavy (non-hydrogen) atoms. The number of rotatable bonds is 9. The third-order valence-corrected chi connectivity index (χ3v) is 4.82. The summed E-state index contributed by atoms with van der Waals surface area (Å²) in [6, 6.07) is 15.9. The summed E-state index contributed by atoms with van der Waals surface area (Å²) in [5, 5.41) is 2.95. The van der Waals surface area contributed by atoms with Crippen molar-refractivity contribution in [2.45, 2.75) is 51.4 Å². The van der Waals surface area contributed by atoms with Crippen molar-refractivity contribution in [3.8, 4) is 5.75 Å². The highest BCUT2D eigenvalue weighted by molar-refractivity contribution is 5.94. The van der Waals surface area contributed by atoms with Crippen LogP contribution in [-0.2, 0) is 14.3 Å². The molecule has 1 heterocycles. The van der Waals surface area contributed by atoms with Crippen molar-refractivity contribution in [1.29, 1.82) is 0 Å². The molecule has 2 unspecified atom stereocenters. The molecule has 1 fully saturated rings. The Morgan fingerprint density at radius 1 is 1.10 bits per heavy atom. The number of carbonyl (C=O) groups is 2. The Balaban J connectivity index is 1.61. The maximum absolute atomic E-state index is 12.8. The minimum Gasteiger partial charge on any atom is -0.491 e. The minimum atomic E-state index is -0.472. The molecule has 0 saturated carbocycles. The van der Waals surface area contributed by atoms with Gasteiger partial charge in [-0.1, -0.05) is 30.3 Å². The highest BCUT2D eigenvalue weighted by Gasteiger charge is 2.21. The molecule has 1 saturated heterocycles. The van der Waals surface area contributed by atoms with E-state index in [1.807, 2.05) is 30.3 Å². The SMILES string of the molecule is CC(C)OC(=O)CC(NC(=O)c1ccc(OCC2CCCO2)cc1)c1ccccc1. The summed E-state index contributed by atoms with van der Waals surface area (Å²) < 4.78 is 16.6. The summed E-state index contributed by atoms with van der Waals surface area (Å²) in [4.78, 5) is 25.0. The van der Waals surface area contributed by atoms with Crippen molar-refractivity contribution in [3.63, 3.8) is 0 Å². The van der Waals surface area contributed by atoms with E-state index in [0.29, 0.717) is 17.9 Å². The summed E-state index contributed by atoms with van der Waals surface area (Å²) >= 11 is 0. The van der Waals surface area contributed by atoms with Gasteiger partial charge < -0.3 is 19.5 Å². The van der Waals surface area contributed by atoms with Gasteiger partial charge in [0.2, 0.25) is 0 Å². The number of esters is 1. The van der Waals surface area contributed by atoms with E-state index in [1.54, 1.807) is 38.1 Å². The first-order valence-corrected chi connectivity index (χ1v) is 10.4. The predicted molar refractivity (Wildman–Crippen MR) is 113 cm³/mol. The molecule has 0 aliphatic carbocycles. The second-order valence-corrected chi connectivity index (χ2v) is 7.65. The van der Waals surface area contributed by atoms with Gasteiger partial charge in [0.15, 0.2) is 0 Å². The van der Waals surface area contributed by atoms with Gasteiger partial charge in [0, 0.05) is 12.2 Å².